The lowest BCUT2D eigenvalue weighted by molar-refractivity contribution is 0.385. The summed E-state index contributed by atoms with van der Waals surface area (Å²) in [5, 5.41) is 7.46. The SMILES string of the molecule is COc1ccc(OC)c(NC(=S)/N=C(/Nc2nc(C)cc(C)n2)N2CCN(c3cc(Cl)ccc3C)CC2)c1. The number of ether oxygens (including phenoxy) is 2. The molecule has 1 aliphatic heterocycles. The van der Waals surface area contributed by atoms with Crippen molar-refractivity contribution >= 4 is 52.2 Å². The summed E-state index contributed by atoms with van der Waals surface area (Å²) in [6.07, 6.45) is 0. The molecule has 0 radical (unpaired) electrons. The van der Waals surface area contributed by atoms with E-state index in [1.807, 2.05) is 56.3 Å². The Bertz CT molecular complexity index is 1320. The fraction of sp³-hybridized carbons (Fsp3) is 0.333. The van der Waals surface area contributed by atoms with Crippen LogP contribution in [-0.4, -0.2) is 66.3 Å². The summed E-state index contributed by atoms with van der Waals surface area (Å²) in [7, 11) is 3.21. The number of methoxy groups -OCH3 is 2. The first-order chi connectivity index (χ1) is 18.2. The second-order valence-corrected chi connectivity index (χ2v) is 9.76. The Morgan fingerprint density at radius 3 is 2.29 bits per heavy atom. The molecule has 1 aromatic heterocycles. The third-order valence-corrected chi connectivity index (χ3v) is 6.58. The molecule has 38 heavy (non-hydrogen) atoms. The zero-order valence-corrected chi connectivity index (χ0v) is 23.8. The molecule has 0 atom stereocenters. The van der Waals surface area contributed by atoms with Crippen molar-refractivity contribution < 1.29 is 9.47 Å². The van der Waals surface area contributed by atoms with Crippen LogP contribution in [0.1, 0.15) is 17.0 Å². The van der Waals surface area contributed by atoms with Gasteiger partial charge in [0.2, 0.25) is 17.0 Å². The minimum Gasteiger partial charge on any atom is -0.497 e. The number of aromatic nitrogens is 2. The third-order valence-electron chi connectivity index (χ3n) is 6.15. The molecule has 1 fully saturated rings. The smallest absolute Gasteiger partial charge is 0.229 e. The number of hydrogen-bond acceptors (Lipinski definition) is 6. The summed E-state index contributed by atoms with van der Waals surface area (Å²) in [6.45, 7) is 8.98. The van der Waals surface area contributed by atoms with Crippen LogP contribution in [0.15, 0.2) is 47.5 Å². The second-order valence-electron chi connectivity index (χ2n) is 8.94. The van der Waals surface area contributed by atoms with E-state index in [2.05, 4.69) is 37.3 Å². The van der Waals surface area contributed by atoms with Crippen molar-refractivity contribution in [3.8, 4) is 11.5 Å². The van der Waals surface area contributed by atoms with E-state index in [0.717, 1.165) is 35.2 Å². The number of piperazine rings is 1. The van der Waals surface area contributed by atoms with Gasteiger partial charge in [0.25, 0.3) is 0 Å². The highest BCUT2D eigenvalue weighted by Crippen LogP contribution is 2.29. The second kappa shape index (κ2) is 12.3. The first-order valence-corrected chi connectivity index (χ1v) is 13.0. The predicted molar refractivity (Wildman–Crippen MR) is 158 cm³/mol. The molecular formula is C27H32ClN7O2S. The lowest BCUT2D eigenvalue weighted by atomic mass is 10.1. The molecule has 200 valence electrons. The molecule has 2 N–H and O–H groups in total. The molecule has 0 bridgehead atoms. The van der Waals surface area contributed by atoms with Crippen molar-refractivity contribution in [1.29, 1.82) is 0 Å². The quantitative estimate of drug-likeness (QED) is 0.256. The summed E-state index contributed by atoms with van der Waals surface area (Å²) >= 11 is 11.9. The maximum Gasteiger partial charge on any atom is 0.229 e. The molecule has 9 nitrogen and oxygen atoms in total. The van der Waals surface area contributed by atoms with Crippen LogP contribution in [0, 0.1) is 20.8 Å². The van der Waals surface area contributed by atoms with Crippen molar-refractivity contribution in [2.75, 3.05) is 55.9 Å². The molecule has 0 saturated carbocycles. The number of hydrogen-bond donors (Lipinski definition) is 2. The average Bonchev–Trinajstić information content (AvgIpc) is 2.89. The van der Waals surface area contributed by atoms with E-state index in [1.54, 1.807) is 14.2 Å². The lowest BCUT2D eigenvalue weighted by Gasteiger charge is -2.38. The highest BCUT2D eigenvalue weighted by Gasteiger charge is 2.23. The molecule has 0 unspecified atom stereocenters. The van der Waals surface area contributed by atoms with E-state index >= 15 is 0 Å². The fourth-order valence-electron chi connectivity index (χ4n) is 4.29. The van der Waals surface area contributed by atoms with E-state index in [0.29, 0.717) is 42.2 Å². The normalized spacial score (nSPS) is 13.8. The van der Waals surface area contributed by atoms with Crippen molar-refractivity contribution in [2.24, 2.45) is 4.99 Å². The van der Waals surface area contributed by atoms with Gasteiger partial charge in [-0.3, -0.25) is 5.32 Å². The Morgan fingerprint density at radius 1 is 0.921 bits per heavy atom. The summed E-state index contributed by atoms with van der Waals surface area (Å²) in [6, 6.07) is 13.4. The molecule has 1 aliphatic rings. The number of nitrogens with one attached hydrogen (secondary N) is 2. The van der Waals surface area contributed by atoms with Crippen LogP contribution in [0.4, 0.5) is 17.3 Å². The zero-order valence-electron chi connectivity index (χ0n) is 22.2. The molecule has 0 aliphatic carbocycles. The average molecular weight is 554 g/mol. The summed E-state index contributed by atoms with van der Waals surface area (Å²) in [5.74, 6) is 2.34. The van der Waals surface area contributed by atoms with Gasteiger partial charge < -0.3 is 24.6 Å². The van der Waals surface area contributed by atoms with E-state index in [1.165, 1.54) is 5.56 Å². The molecule has 0 amide bonds. The standard InChI is InChI=1S/C27H32ClN7O2S/c1-17-6-7-20(28)15-23(17)34-10-12-35(13-11-34)26(32-25-29-18(2)14-19(3)30-25)33-27(38)31-22-16-21(36-4)8-9-24(22)37-5/h6-9,14-16H,10-13H2,1-5H3,(H2,29,30,31,32,33,38). The monoisotopic (exact) mass is 553 g/mol. The molecule has 1 saturated heterocycles. The van der Waals surface area contributed by atoms with Gasteiger partial charge >= 0.3 is 0 Å². The highest BCUT2D eigenvalue weighted by atomic mass is 35.5. The number of halogens is 1. The Morgan fingerprint density at radius 2 is 1.63 bits per heavy atom. The van der Waals surface area contributed by atoms with Gasteiger partial charge in [0, 0.05) is 54.3 Å². The van der Waals surface area contributed by atoms with Gasteiger partial charge in [0.1, 0.15) is 11.5 Å². The van der Waals surface area contributed by atoms with E-state index in [9.17, 15) is 0 Å². The molecule has 2 heterocycles. The van der Waals surface area contributed by atoms with Gasteiger partial charge in [0.15, 0.2) is 0 Å². The van der Waals surface area contributed by atoms with E-state index in [4.69, 9.17) is 38.3 Å². The van der Waals surface area contributed by atoms with Crippen LogP contribution in [0.2, 0.25) is 5.02 Å². The van der Waals surface area contributed by atoms with Crippen LogP contribution in [0.3, 0.4) is 0 Å². The van der Waals surface area contributed by atoms with E-state index < -0.39 is 0 Å². The number of aryl methyl sites for hydroxylation is 3. The minimum absolute atomic E-state index is 0.261. The summed E-state index contributed by atoms with van der Waals surface area (Å²) in [4.78, 5) is 18.3. The van der Waals surface area contributed by atoms with Gasteiger partial charge in [0.05, 0.1) is 19.9 Å². The van der Waals surface area contributed by atoms with Crippen LogP contribution >= 0.6 is 23.8 Å². The first-order valence-electron chi connectivity index (χ1n) is 12.2. The zero-order chi connectivity index (χ0) is 27.2. The molecular weight excluding hydrogens is 522 g/mol. The van der Waals surface area contributed by atoms with Crippen molar-refractivity contribution in [3.05, 3.63) is 64.4 Å². The molecule has 11 heteroatoms. The number of rotatable bonds is 5. The molecule has 4 rings (SSSR count). The molecule has 3 aromatic rings. The van der Waals surface area contributed by atoms with Crippen LogP contribution < -0.4 is 25.0 Å². The largest absolute Gasteiger partial charge is 0.497 e. The third kappa shape index (κ3) is 6.81. The van der Waals surface area contributed by atoms with Gasteiger partial charge in [-0.15, -0.1) is 0 Å². The lowest BCUT2D eigenvalue weighted by Crippen LogP contribution is -2.51. The van der Waals surface area contributed by atoms with Crippen molar-refractivity contribution in [2.45, 2.75) is 20.8 Å². The Labute approximate surface area is 233 Å². The number of nitrogens with zero attached hydrogens (tertiary/aromatic N) is 5. The highest BCUT2D eigenvalue weighted by molar-refractivity contribution is 7.80. The van der Waals surface area contributed by atoms with Gasteiger partial charge in [-0.2, -0.15) is 4.99 Å². The van der Waals surface area contributed by atoms with E-state index in [-0.39, 0.29) is 5.11 Å². The molecule has 2 aromatic carbocycles. The predicted octanol–water partition coefficient (Wildman–Crippen LogP) is 5.06. The van der Waals surface area contributed by atoms with Crippen LogP contribution in [-0.2, 0) is 0 Å². The minimum atomic E-state index is 0.261. The summed E-state index contributed by atoms with van der Waals surface area (Å²) in [5.41, 5.74) is 4.72. The fourth-order valence-corrected chi connectivity index (χ4v) is 4.66. The number of benzene rings is 2. The molecule has 0 spiro atoms. The maximum atomic E-state index is 6.28. The Balaban J connectivity index is 1.58. The van der Waals surface area contributed by atoms with Crippen LogP contribution in [0.5, 0.6) is 11.5 Å². The van der Waals surface area contributed by atoms with Gasteiger partial charge in [-0.05, 0) is 68.9 Å². The van der Waals surface area contributed by atoms with Gasteiger partial charge in [-0.1, -0.05) is 17.7 Å². The van der Waals surface area contributed by atoms with Gasteiger partial charge in [-0.25, -0.2) is 9.97 Å². The van der Waals surface area contributed by atoms with Crippen LogP contribution in [0.25, 0.3) is 0 Å². The first kappa shape index (κ1) is 27.4. The number of guanidine groups is 1. The Kier molecular flexibility index (Phi) is 8.85. The topological polar surface area (TPSA) is 87.1 Å². The Hall–Kier alpha value is -3.63. The maximum absolute atomic E-state index is 6.28. The number of aliphatic imine (C=N–C) groups is 1. The van der Waals surface area contributed by atoms with Crippen molar-refractivity contribution in [3.63, 3.8) is 0 Å². The number of thiocarbonyl (C=S) groups is 1. The van der Waals surface area contributed by atoms with Crippen molar-refractivity contribution in [1.82, 2.24) is 14.9 Å². The summed E-state index contributed by atoms with van der Waals surface area (Å²) < 4.78 is 10.8. The number of anilines is 3.